The number of phenols is 1. The minimum absolute atomic E-state index is 0.131. The Kier molecular flexibility index (Phi) is 10.3. The number of phenolic OH excluding ortho intramolecular Hbond substituents is 1. The summed E-state index contributed by atoms with van der Waals surface area (Å²) in [6.45, 7) is 6.81. The van der Waals surface area contributed by atoms with Crippen LogP contribution in [0.15, 0.2) is 47.5 Å². The predicted molar refractivity (Wildman–Crippen MR) is 139 cm³/mol. The first-order valence-electron chi connectivity index (χ1n) is 11.7. The van der Waals surface area contributed by atoms with Crippen molar-refractivity contribution in [3.05, 3.63) is 64.7 Å². The van der Waals surface area contributed by atoms with E-state index < -0.39 is 23.9 Å². The van der Waals surface area contributed by atoms with Gasteiger partial charge in [0.2, 0.25) is 17.7 Å². The molecule has 0 aliphatic heterocycles. The van der Waals surface area contributed by atoms with Crippen LogP contribution >= 0.6 is 0 Å². The van der Waals surface area contributed by atoms with Crippen molar-refractivity contribution in [1.82, 2.24) is 16.0 Å². The Bertz CT molecular complexity index is 1080. The Morgan fingerprint density at radius 2 is 1.58 bits per heavy atom. The maximum Gasteiger partial charge on any atom is 0.245 e. The third-order valence-corrected chi connectivity index (χ3v) is 5.69. The Hall–Kier alpha value is -4.08. The molecule has 0 saturated heterocycles. The summed E-state index contributed by atoms with van der Waals surface area (Å²) in [5.41, 5.74) is 14.5. The Morgan fingerprint density at radius 3 is 2.14 bits per heavy atom. The van der Waals surface area contributed by atoms with Crippen LogP contribution in [0.2, 0.25) is 0 Å². The molecule has 0 aliphatic rings. The van der Waals surface area contributed by atoms with Gasteiger partial charge in [-0.3, -0.25) is 14.4 Å². The van der Waals surface area contributed by atoms with E-state index in [2.05, 4.69) is 20.9 Å². The van der Waals surface area contributed by atoms with Crippen molar-refractivity contribution in [3.8, 4) is 5.75 Å². The first-order chi connectivity index (χ1) is 17.0. The second kappa shape index (κ2) is 13.1. The fourth-order valence-electron chi connectivity index (χ4n) is 3.98. The summed E-state index contributed by atoms with van der Waals surface area (Å²) >= 11 is 0. The van der Waals surface area contributed by atoms with Crippen LogP contribution in [0.1, 0.15) is 36.1 Å². The van der Waals surface area contributed by atoms with Gasteiger partial charge in [0.15, 0.2) is 5.96 Å². The normalized spacial score (nSPS) is 13.1. The number of hydrogen-bond acceptors (Lipinski definition) is 5. The van der Waals surface area contributed by atoms with Crippen molar-refractivity contribution in [2.75, 3.05) is 6.54 Å². The third-order valence-electron chi connectivity index (χ3n) is 5.69. The Labute approximate surface area is 211 Å². The molecule has 2 aromatic carbocycles. The van der Waals surface area contributed by atoms with Crippen molar-refractivity contribution in [2.24, 2.45) is 16.5 Å². The quantitative estimate of drug-likeness (QED) is 0.196. The Balaban J connectivity index is 2.04. The highest BCUT2D eigenvalue weighted by Gasteiger charge is 2.25. The van der Waals surface area contributed by atoms with Crippen LogP contribution in [0.3, 0.4) is 0 Å². The lowest BCUT2D eigenvalue weighted by Crippen LogP contribution is -2.51. The van der Waals surface area contributed by atoms with Gasteiger partial charge >= 0.3 is 0 Å². The molecule has 1 unspecified atom stereocenters. The largest absolute Gasteiger partial charge is 0.508 e. The monoisotopic (exact) mass is 496 g/mol. The molecule has 0 bridgehead atoms. The lowest BCUT2D eigenvalue weighted by molar-refractivity contribution is -0.129. The molecule has 3 amide bonds. The number of carbonyl (C=O) groups is 3. The molecule has 0 fully saturated rings. The highest BCUT2D eigenvalue weighted by atomic mass is 16.3. The van der Waals surface area contributed by atoms with Crippen LogP contribution in [0.25, 0.3) is 0 Å². The van der Waals surface area contributed by atoms with Gasteiger partial charge in [-0.15, -0.1) is 0 Å². The van der Waals surface area contributed by atoms with Crippen LogP contribution in [0.5, 0.6) is 5.75 Å². The van der Waals surface area contributed by atoms with E-state index in [1.807, 2.05) is 44.2 Å². The molecular formula is C26H36N6O4. The summed E-state index contributed by atoms with van der Waals surface area (Å²) in [6, 6.07) is 10.7. The van der Waals surface area contributed by atoms with Gasteiger partial charge in [-0.1, -0.05) is 30.3 Å². The zero-order chi connectivity index (χ0) is 26.8. The van der Waals surface area contributed by atoms with Crippen molar-refractivity contribution in [3.63, 3.8) is 0 Å². The van der Waals surface area contributed by atoms with E-state index in [-0.39, 0.29) is 36.6 Å². The van der Waals surface area contributed by atoms with E-state index in [9.17, 15) is 19.5 Å². The molecule has 0 saturated carbocycles. The molecule has 8 N–H and O–H groups in total. The lowest BCUT2D eigenvalue weighted by Gasteiger charge is -2.22. The standard InChI is InChI=1S/C26H36N6O4/c1-15-10-21(34)11-16(2)22(15)13-23(32-26(27)28)25(36)30-17(3)24(35)29-14-20(31-18(4)33)12-19-8-6-5-7-9-19/h5-11,17,20,23,34H,12-14H2,1-4H3,(H,29,35)(H,30,36)(H,31,33)(H4,27,28,32)/t17-,20+,23?/m1/s1. The van der Waals surface area contributed by atoms with Crippen molar-refractivity contribution >= 4 is 23.7 Å². The average Bonchev–Trinajstić information content (AvgIpc) is 2.78. The minimum Gasteiger partial charge on any atom is -0.508 e. The topological polar surface area (TPSA) is 172 Å². The zero-order valence-electron chi connectivity index (χ0n) is 21.2. The summed E-state index contributed by atoms with van der Waals surface area (Å²) in [5.74, 6) is -1.24. The number of hydrogen-bond donors (Lipinski definition) is 6. The number of guanidine groups is 1. The fourth-order valence-corrected chi connectivity index (χ4v) is 3.98. The van der Waals surface area contributed by atoms with Crippen LogP contribution in [-0.4, -0.2) is 53.5 Å². The summed E-state index contributed by atoms with van der Waals surface area (Å²) in [5, 5.41) is 18.1. The Morgan fingerprint density at radius 1 is 0.972 bits per heavy atom. The number of nitrogens with zero attached hydrogens (tertiary/aromatic N) is 1. The second-order valence-electron chi connectivity index (χ2n) is 8.89. The molecule has 0 aromatic heterocycles. The highest BCUT2D eigenvalue weighted by Crippen LogP contribution is 2.22. The fraction of sp³-hybridized carbons (Fsp3) is 0.385. The van der Waals surface area contributed by atoms with Crippen molar-refractivity contribution < 1.29 is 19.5 Å². The maximum atomic E-state index is 13.0. The maximum absolute atomic E-state index is 13.0. The van der Waals surface area contributed by atoms with Crippen LogP contribution in [0, 0.1) is 13.8 Å². The van der Waals surface area contributed by atoms with Gasteiger partial charge in [0.25, 0.3) is 0 Å². The molecule has 0 heterocycles. The van der Waals surface area contributed by atoms with Gasteiger partial charge in [-0.25, -0.2) is 4.99 Å². The first-order valence-corrected chi connectivity index (χ1v) is 11.7. The first kappa shape index (κ1) is 28.2. The number of aryl methyl sites for hydroxylation is 2. The molecule has 10 heteroatoms. The molecule has 10 nitrogen and oxygen atoms in total. The number of benzene rings is 2. The summed E-state index contributed by atoms with van der Waals surface area (Å²) in [7, 11) is 0. The van der Waals surface area contributed by atoms with E-state index in [1.54, 1.807) is 19.1 Å². The number of amides is 3. The van der Waals surface area contributed by atoms with Crippen LogP contribution in [0.4, 0.5) is 0 Å². The van der Waals surface area contributed by atoms with E-state index >= 15 is 0 Å². The molecule has 2 aromatic rings. The molecule has 2 rings (SSSR count). The highest BCUT2D eigenvalue weighted by molar-refractivity contribution is 5.91. The number of aromatic hydroxyl groups is 1. The predicted octanol–water partition coefficient (Wildman–Crippen LogP) is 0.562. The number of nitrogens with one attached hydrogen (secondary N) is 3. The van der Waals surface area contributed by atoms with Gasteiger partial charge in [-0.2, -0.15) is 0 Å². The SMILES string of the molecule is CC(=O)N[C@H](CNC(=O)[C@@H](C)NC(=O)C(Cc1c(C)cc(O)cc1C)N=C(N)N)Cc1ccccc1. The average molecular weight is 497 g/mol. The summed E-state index contributed by atoms with van der Waals surface area (Å²) < 4.78 is 0. The van der Waals surface area contributed by atoms with Crippen molar-refractivity contribution in [2.45, 2.75) is 58.7 Å². The second-order valence-corrected chi connectivity index (χ2v) is 8.89. The van der Waals surface area contributed by atoms with Gasteiger partial charge in [0.1, 0.15) is 17.8 Å². The molecule has 0 radical (unpaired) electrons. The van der Waals surface area contributed by atoms with Gasteiger partial charge < -0.3 is 32.5 Å². The third kappa shape index (κ3) is 8.94. The molecule has 0 aliphatic carbocycles. The minimum atomic E-state index is -0.961. The van der Waals surface area contributed by atoms with Gasteiger partial charge in [0.05, 0.1) is 6.04 Å². The molecular weight excluding hydrogens is 460 g/mol. The summed E-state index contributed by atoms with van der Waals surface area (Å²) in [6.07, 6.45) is 0.733. The van der Waals surface area contributed by atoms with Gasteiger partial charge in [-0.05, 0) is 61.6 Å². The number of rotatable bonds is 11. The van der Waals surface area contributed by atoms with Crippen molar-refractivity contribution in [1.29, 1.82) is 0 Å². The smallest absolute Gasteiger partial charge is 0.245 e. The lowest BCUT2D eigenvalue weighted by atomic mass is 9.95. The van der Waals surface area contributed by atoms with Crippen LogP contribution in [-0.2, 0) is 27.2 Å². The molecule has 194 valence electrons. The van der Waals surface area contributed by atoms with E-state index in [4.69, 9.17) is 11.5 Å². The van der Waals surface area contributed by atoms with E-state index in [0.717, 1.165) is 22.3 Å². The number of nitrogens with two attached hydrogens (primary N) is 2. The van der Waals surface area contributed by atoms with E-state index in [0.29, 0.717) is 6.42 Å². The van der Waals surface area contributed by atoms with Crippen LogP contribution < -0.4 is 27.4 Å². The van der Waals surface area contributed by atoms with Gasteiger partial charge in [0, 0.05) is 19.9 Å². The summed E-state index contributed by atoms with van der Waals surface area (Å²) in [4.78, 5) is 41.4. The molecule has 3 atom stereocenters. The van der Waals surface area contributed by atoms with E-state index in [1.165, 1.54) is 6.92 Å². The zero-order valence-corrected chi connectivity index (χ0v) is 21.2. The number of aliphatic imine (C=N–C) groups is 1. The number of carbonyl (C=O) groups excluding carboxylic acids is 3. The molecule has 0 spiro atoms. The molecule has 36 heavy (non-hydrogen) atoms.